The van der Waals surface area contributed by atoms with E-state index in [0.29, 0.717) is 50.2 Å². The van der Waals surface area contributed by atoms with Crippen molar-refractivity contribution in [1.82, 2.24) is 15.1 Å². The van der Waals surface area contributed by atoms with Gasteiger partial charge in [-0.25, -0.2) is 9.59 Å². The maximum absolute atomic E-state index is 12.2. The number of rotatable bonds is 4. The molecule has 0 saturated carbocycles. The zero-order valence-corrected chi connectivity index (χ0v) is 14.2. The molecule has 2 fully saturated rings. The lowest BCUT2D eigenvalue weighted by molar-refractivity contribution is 0.126. The summed E-state index contributed by atoms with van der Waals surface area (Å²) in [6, 6.07) is 5.35. The second-order valence-electron chi connectivity index (χ2n) is 5.84. The van der Waals surface area contributed by atoms with E-state index in [2.05, 4.69) is 5.32 Å². The molecule has 2 aliphatic heterocycles. The predicted molar refractivity (Wildman–Crippen MR) is 88.5 cm³/mol. The minimum Gasteiger partial charge on any atom is -0.490 e. The van der Waals surface area contributed by atoms with Crippen molar-refractivity contribution in [2.45, 2.75) is 13.0 Å². The molecule has 3 rings (SSSR count). The van der Waals surface area contributed by atoms with E-state index in [1.54, 1.807) is 15.9 Å². The van der Waals surface area contributed by atoms with Crippen LogP contribution in [0.5, 0.6) is 5.75 Å². The van der Waals surface area contributed by atoms with Crippen molar-refractivity contribution in [1.29, 1.82) is 0 Å². The Hall–Kier alpha value is -2.15. The van der Waals surface area contributed by atoms with Crippen LogP contribution < -0.4 is 10.1 Å². The normalized spacial score (nSPS) is 19.8. The van der Waals surface area contributed by atoms with Crippen LogP contribution in [0.2, 0.25) is 5.02 Å². The van der Waals surface area contributed by atoms with Crippen molar-refractivity contribution in [3.8, 4) is 5.75 Å². The fraction of sp³-hybridized carbons (Fsp3) is 0.500. The molecule has 1 N–H and O–H groups in total. The first-order chi connectivity index (χ1) is 11.6. The number of para-hydroxylation sites is 1. The second-order valence-corrected chi connectivity index (χ2v) is 6.24. The highest BCUT2D eigenvalue weighted by atomic mass is 35.5. The van der Waals surface area contributed by atoms with Gasteiger partial charge in [-0.1, -0.05) is 23.7 Å². The number of urea groups is 1. The molecule has 0 bridgehead atoms. The Morgan fingerprint density at radius 1 is 1.46 bits per heavy atom. The summed E-state index contributed by atoms with van der Waals surface area (Å²) in [6.07, 6.45) is -0.288. The van der Waals surface area contributed by atoms with Crippen LogP contribution in [-0.2, 0) is 4.74 Å². The number of hydrogen-bond acceptors (Lipinski definition) is 4. The van der Waals surface area contributed by atoms with Gasteiger partial charge < -0.3 is 19.7 Å². The van der Waals surface area contributed by atoms with Gasteiger partial charge in [-0.3, -0.25) is 4.90 Å². The van der Waals surface area contributed by atoms with Gasteiger partial charge in [0.1, 0.15) is 19.0 Å². The SMILES string of the molecule is Cc1cccc(Cl)c1OCCNC(=O)N1CCN2C(=O)OCC2C1. The molecule has 1 unspecified atom stereocenters. The Balaban J connectivity index is 1.42. The van der Waals surface area contributed by atoms with E-state index in [9.17, 15) is 9.59 Å². The Morgan fingerprint density at radius 2 is 2.29 bits per heavy atom. The monoisotopic (exact) mass is 353 g/mol. The van der Waals surface area contributed by atoms with E-state index >= 15 is 0 Å². The van der Waals surface area contributed by atoms with Crippen LogP contribution >= 0.6 is 11.6 Å². The van der Waals surface area contributed by atoms with Crippen LogP contribution in [0, 0.1) is 6.92 Å². The summed E-state index contributed by atoms with van der Waals surface area (Å²) < 4.78 is 10.6. The third-order valence-electron chi connectivity index (χ3n) is 4.19. The second kappa shape index (κ2) is 7.17. The zero-order valence-electron chi connectivity index (χ0n) is 13.5. The first-order valence-corrected chi connectivity index (χ1v) is 8.28. The molecule has 0 aromatic heterocycles. The number of nitrogens with zero attached hydrogens (tertiary/aromatic N) is 2. The van der Waals surface area contributed by atoms with Crippen molar-refractivity contribution in [3.05, 3.63) is 28.8 Å². The number of hydrogen-bond donors (Lipinski definition) is 1. The number of cyclic esters (lactones) is 1. The van der Waals surface area contributed by atoms with Crippen LogP contribution in [-0.4, -0.2) is 67.4 Å². The number of ether oxygens (including phenoxy) is 2. The molecule has 0 spiro atoms. The summed E-state index contributed by atoms with van der Waals surface area (Å²) in [5.74, 6) is 0.642. The molecule has 2 saturated heterocycles. The van der Waals surface area contributed by atoms with Gasteiger partial charge in [0, 0.05) is 19.6 Å². The lowest BCUT2D eigenvalue weighted by Gasteiger charge is -2.35. The van der Waals surface area contributed by atoms with Crippen molar-refractivity contribution in [2.24, 2.45) is 0 Å². The van der Waals surface area contributed by atoms with Gasteiger partial charge in [-0.15, -0.1) is 0 Å². The number of aryl methyl sites for hydroxylation is 1. The highest BCUT2D eigenvalue weighted by molar-refractivity contribution is 6.32. The average Bonchev–Trinajstić information content (AvgIpc) is 2.94. The number of carbonyl (C=O) groups excluding carboxylic acids is 2. The summed E-state index contributed by atoms with van der Waals surface area (Å²) in [5.41, 5.74) is 0.954. The van der Waals surface area contributed by atoms with Gasteiger partial charge in [0.25, 0.3) is 0 Å². The lowest BCUT2D eigenvalue weighted by Crippen LogP contribution is -2.56. The first kappa shape index (κ1) is 16.7. The molecule has 130 valence electrons. The van der Waals surface area contributed by atoms with Crippen LogP contribution in [0.3, 0.4) is 0 Å². The minimum atomic E-state index is -0.288. The average molecular weight is 354 g/mol. The molecule has 7 nitrogen and oxygen atoms in total. The third-order valence-corrected chi connectivity index (χ3v) is 4.49. The summed E-state index contributed by atoms with van der Waals surface area (Å²) >= 11 is 6.09. The van der Waals surface area contributed by atoms with E-state index in [1.807, 2.05) is 19.1 Å². The zero-order chi connectivity index (χ0) is 17.1. The minimum absolute atomic E-state index is 0.0426. The van der Waals surface area contributed by atoms with Gasteiger partial charge in [0.15, 0.2) is 0 Å². The van der Waals surface area contributed by atoms with E-state index in [-0.39, 0.29) is 18.2 Å². The van der Waals surface area contributed by atoms with Gasteiger partial charge >= 0.3 is 12.1 Å². The van der Waals surface area contributed by atoms with Crippen LogP contribution in [0.25, 0.3) is 0 Å². The Labute approximate surface area is 145 Å². The van der Waals surface area contributed by atoms with Gasteiger partial charge in [-0.2, -0.15) is 0 Å². The third kappa shape index (κ3) is 3.51. The Kier molecular flexibility index (Phi) is 4.99. The molecule has 2 heterocycles. The summed E-state index contributed by atoms with van der Waals surface area (Å²) in [5, 5.41) is 3.39. The molecule has 8 heteroatoms. The molecule has 0 aliphatic carbocycles. The largest absolute Gasteiger partial charge is 0.490 e. The standard InChI is InChI=1S/C16H20ClN3O4/c1-11-3-2-4-13(17)14(11)23-8-5-18-15(21)19-6-7-20-12(9-19)10-24-16(20)22/h2-4,12H,5-10H2,1H3,(H,18,21). The van der Waals surface area contributed by atoms with Gasteiger partial charge in [-0.05, 0) is 18.6 Å². The van der Waals surface area contributed by atoms with Crippen molar-refractivity contribution in [3.63, 3.8) is 0 Å². The number of halogens is 1. The fourth-order valence-corrected chi connectivity index (χ4v) is 3.17. The van der Waals surface area contributed by atoms with E-state index in [0.717, 1.165) is 5.56 Å². The quantitative estimate of drug-likeness (QED) is 0.839. The van der Waals surface area contributed by atoms with Crippen molar-refractivity contribution >= 4 is 23.7 Å². The fourth-order valence-electron chi connectivity index (χ4n) is 2.90. The van der Waals surface area contributed by atoms with E-state index < -0.39 is 0 Å². The number of fused-ring (bicyclic) bond motifs is 1. The number of piperazine rings is 1. The lowest BCUT2D eigenvalue weighted by atomic mass is 10.2. The highest BCUT2D eigenvalue weighted by Gasteiger charge is 2.38. The molecule has 1 aromatic rings. The molecule has 1 aromatic carbocycles. The van der Waals surface area contributed by atoms with Crippen LogP contribution in [0.15, 0.2) is 18.2 Å². The van der Waals surface area contributed by atoms with Gasteiger partial charge in [0.05, 0.1) is 17.6 Å². The number of benzene rings is 1. The molecule has 3 amide bonds. The maximum atomic E-state index is 12.2. The van der Waals surface area contributed by atoms with Crippen LogP contribution in [0.1, 0.15) is 5.56 Å². The maximum Gasteiger partial charge on any atom is 0.410 e. The molecular weight excluding hydrogens is 334 g/mol. The van der Waals surface area contributed by atoms with E-state index in [1.165, 1.54) is 0 Å². The summed E-state index contributed by atoms with van der Waals surface area (Å²) in [7, 11) is 0. The Morgan fingerprint density at radius 3 is 3.08 bits per heavy atom. The van der Waals surface area contributed by atoms with Crippen LogP contribution in [0.4, 0.5) is 9.59 Å². The molecule has 0 radical (unpaired) electrons. The summed E-state index contributed by atoms with van der Waals surface area (Å²) in [4.78, 5) is 27.0. The number of nitrogens with one attached hydrogen (secondary N) is 1. The van der Waals surface area contributed by atoms with Gasteiger partial charge in [0.2, 0.25) is 0 Å². The molecule has 2 aliphatic rings. The molecular formula is C16H20ClN3O4. The molecule has 24 heavy (non-hydrogen) atoms. The van der Waals surface area contributed by atoms with Crippen molar-refractivity contribution < 1.29 is 19.1 Å². The van der Waals surface area contributed by atoms with E-state index in [4.69, 9.17) is 21.1 Å². The Bertz CT molecular complexity index is 619. The molecule has 1 atom stereocenters. The van der Waals surface area contributed by atoms with Crippen molar-refractivity contribution in [2.75, 3.05) is 39.4 Å². The number of carbonyl (C=O) groups is 2. The predicted octanol–water partition coefficient (Wildman–Crippen LogP) is 1.87. The number of amides is 3. The first-order valence-electron chi connectivity index (χ1n) is 7.90. The topological polar surface area (TPSA) is 71.1 Å². The highest BCUT2D eigenvalue weighted by Crippen LogP contribution is 2.27. The summed E-state index contributed by atoms with van der Waals surface area (Å²) in [6.45, 7) is 4.48. The smallest absolute Gasteiger partial charge is 0.410 e.